The zero-order chi connectivity index (χ0) is 13.1. The van der Waals surface area contributed by atoms with Gasteiger partial charge in [-0.15, -0.1) is 11.3 Å². The molecule has 1 amide bonds. The first-order valence-corrected chi connectivity index (χ1v) is 8.00. The predicted octanol–water partition coefficient (Wildman–Crippen LogP) is 3.03. The first-order valence-electron chi connectivity index (χ1n) is 6.39. The summed E-state index contributed by atoms with van der Waals surface area (Å²) in [6.07, 6.45) is 2.26. The molecule has 1 N–H and O–H groups in total. The lowest BCUT2D eigenvalue weighted by molar-refractivity contribution is 0.0910. The van der Waals surface area contributed by atoms with E-state index in [1.807, 2.05) is 13.0 Å². The molecule has 0 bridgehead atoms. The van der Waals surface area contributed by atoms with Crippen LogP contribution < -0.4 is 5.32 Å². The molecule has 0 aromatic carbocycles. The monoisotopic (exact) mass is 330 g/mol. The molecule has 1 aliphatic heterocycles. The van der Waals surface area contributed by atoms with Crippen molar-refractivity contribution in [3.8, 4) is 0 Å². The number of carbonyl (C=O) groups excluding carboxylic acids is 1. The number of nitrogens with one attached hydrogen (secondary N) is 1. The molecular formula is C13H19BrN2OS. The summed E-state index contributed by atoms with van der Waals surface area (Å²) in [5.41, 5.74) is 1.13. The van der Waals surface area contributed by atoms with Crippen LogP contribution in [0.15, 0.2) is 9.85 Å². The summed E-state index contributed by atoms with van der Waals surface area (Å²) >= 11 is 4.97. The molecular weight excluding hydrogens is 312 g/mol. The lowest BCUT2D eigenvalue weighted by Crippen LogP contribution is -2.47. The summed E-state index contributed by atoms with van der Waals surface area (Å²) in [6.45, 7) is 7.39. The molecule has 1 fully saturated rings. The maximum atomic E-state index is 12.1. The summed E-state index contributed by atoms with van der Waals surface area (Å²) in [6, 6.07) is 2.25. The molecule has 1 aromatic rings. The highest BCUT2D eigenvalue weighted by Crippen LogP contribution is 2.27. The number of hydrogen-bond acceptors (Lipinski definition) is 3. The van der Waals surface area contributed by atoms with Gasteiger partial charge >= 0.3 is 0 Å². The van der Waals surface area contributed by atoms with Crippen molar-refractivity contribution >= 4 is 33.2 Å². The van der Waals surface area contributed by atoms with Gasteiger partial charge in [0.05, 0.1) is 8.66 Å². The van der Waals surface area contributed by atoms with Crippen molar-refractivity contribution in [1.82, 2.24) is 10.2 Å². The molecule has 3 nitrogen and oxygen atoms in total. The van der Waals surface area contributed by atoms with E-state index < -0.39 is 0 Å². The van der Waals surface area contributed by atoms with E-state index >= 15 is 0 Å². The van der Waals surface area contributed by atoms with Gasteiger partial charge in [-0.05, 0) is 60.4 Å². The molecule has 1 unspecified atom stereocenters. The smallest absolute Gasteiger partial charge is 0.261 e. The van der Waals surface area contributed by atoms with E-state index in [4.69, 9.17) is 0 Å². The molecule has 0 spiro atoms. The average molecular weight is 331 g/mol. The van der Waals surface area contributed by atoms with Crippen LogP contribution in [0.4, 0.5) is 0 Å². The Kier molecular flexibility index (Phi) is 4.81. The van der Waals surface area contributed by atoms with Crippen molar-refractivity contribution in [2.45, 2.75) is 32.7 Å². The molecule has 1 atom stereocenters. The molecule has 18 heavy (non-hydrogen) atoms. The molecule has 5 heteroatoms. The second-order valence-corrected chi connectivity index (χ2v) is 7.14. The number of thiophene rings is 1. The summed E-state index contributed by atoms with van der Waals surface area (Å²) in [5, 5.41) is 3.15. The fourth-order valence-electron chi connectivity index (χ4n) is 2.29. The van der Waals surface area contributed by atoms with E-state index in [-0.39, 0.29) is 5.91 Å². The van der Waals surface area contributed by atoms with E-state index in [0.717, 1.165) is 40.3 Å². The molecule has 1 saturated heterocycles. The van der Waals surface area contributed by atoms with Crippen LogP contribution in [-0.2, 0) is 0 Å². The SMILES string of the molecule is CCN1CCCC(NC(=O)c2cc(C)c(Br)s2)C1. The number of nitrogens with zero attached hydrogens (tertiary/aromatic N) is 1. The van der Waals surface area contributed by atoms with Gasteiger partial charge in [-0.25, -0.2) is 0 Å². The minimum Gasteiger partial charge on any atom is -0.347 e. The highest BCUT2D eigenvalue weighted by Gasteiger charge is 2.21. The topological polar surface area (TPSA) is 32.3 Å². The third kappa shape index (κ3) is 3.33. The van der Waals surface area contributed by atoms with Crippen molar-refractivity contribution in [2.75, 3.05) is 19.6 Å². The van der Waals surface area contributed by atoms with Crippen LogP contribution in [0.5, 0.6) is 0 Å². The fraction of sp³-hybridized carbons (Fsp3) is 0.615. The van der Waals surface area contributed by atoms with Crippen molar-refractivity contribution in [3.63, 3.8) is 0 Å². The normalized spacial score (nSPS) is 20.9. The molecule has 2 rings (SSSR count). The number of halogens is 1. The molecule has 0 aliphatic carbocycles. The van der Waals surface area contributed by atoms with E-state index in [1.165, 1.54) is 17.8 Å². The fourth-order valence-corrected chi connectivity index (χ4v) is 3.73. The summed E-state index contributed by atoms with van der Waals surface area (Å²) in [7, 11) is 0. The van der Waals surface area contributed by atoms with Crippen molar-refractivity contribution < 1.29 is 4.79 Å². The zero-order valence-corrected chi connectivity index (χ0v) is 13.2. The number of amides is 1. The second kappa shape index (κ2) is 6.17. The first-order chi connectivity index (χ1) is 8.60. The van der Waals surface area contributed by atoms with Crippen LogP contribution in [0, 0.1) is 6.92 Å². The van der Waals surface area contributed by atoms with Crippen molar-refractivity contribution in [2.24, 2.45) is 0 Å². The number of rotatable bonds is 3. The highest BCUT2D eigenvalue weighted by molar-refractivity contribution is 9.11. The third-order valence-corrected chi connectivity index (χ3v) is 5.50. The van der Waals surface area contributed by atoms with Gasteiger partial charge in [-0.2, -0.15) is 0 Å². The van der Waals surface area contributed by atoms with Crippen LogP contribution in [-0.4, -0.2) is 36.5 Å². The predicted molar refractivity (Wildman–Crippen MR) is 79.4 cm³/mol. The standard InChI is InChI=1S/C13H19BrN2OS/c1-3-16-6-4-5-10(8-16)15-13(17)11-7-9(2)12(14)18-11/h7,10H,3-6,8H2,1-2H3,(H,15,17). The van der Waals surface area contributed by atoms with Gasteiger partial charge in [-0.3, -0.25) is 4.79 Å². The Balaban J connectivity index is 1.94. The van der Waals surface area contributed by atoms with Gasteiger partial charge < -0.3 is 10.2 Å². The van der Waals surface area contributed by atoms with E-state index in [1.54, 1.807) is 0 Å². The molecule has 1 aromatic heterocycles. The zero-order valence-electron chi connectivity index (χ0n) is 10.8. The number of aryl methyl sites for hydroxylation is 1. The van der Waals surface area contributed by atoms with Gasteiger partial charge in [0.1, 0.15) is 0 Å². The van der Waals surface area contributed by atoms with Gasteiger partial charge in [0.25, 0.3) is 5.91 Å². The van der Waals surface area contributed by atoms with Crippen LogP contribution in [0.1, 0.15) is 35.0 Å². The number of piperidine rings is 1. The minimum absolute atomic E-state index is 0.0664. The van der Waals surface area contributed by atoms with Crippen LogP contribution >= 0.6 is 27.3 Å². The Bertz CT molecular complexity index is 413. The summed E-state index contributed by atoms with van der Waals surface area (Å²) < 4.78 is 1.05. The lowest BCUT2D eigenvalue weighted by atomic mass is 10.1. The largest absolute Gasteiger partial charge is 0.347 e. The van der Waals surface area contributed by atoms with Crippen molar-refractivity contribution in [3.05, 3.63) is 20.3 Å². The maximum Gasteiger partial charge on any atom is 0.261 e. The van der Waals surface area contributed by atoms with Gasteiger partial charge in [0, 0.05) is 12.6 Å². The Morgan fingerprint density at radius 1 is 1.67 bits per heavy atom. The number of likely N-dealkylation sites (N-methyl/N-ethyl adjacent to an activating group) is 1. The molecule has 0 radical (unpaired) electrons. The van der Waals surface area contributed by atoms with Crippen LogP contribution in [0.25, 0.3) is 0 Å². The number of hydrogen-bond donors (Lipinski definition) is 1. The Morgan fingerprint density at radius 3 is 3.06 bits per heavy atom. The Hall–Kier alpha value is -0.390. The Morgan fingerprint density at radius 2 is 2.44 bits per heavy atom. The van der Waals surface area contributed by atoms with E-state index in [2.05, 4.69) is 33.1 Å². The van der Waals surface area contributed by atoms with Crippen molar-refractivity contribution in [1.29, 1.82) is 0 Å². The Labute approximate surface area is 121 Å². The summed E-state index contributed by atoms with van der Waals surface area (Å²) in [5.74, 6) is 0.0664. The highest BCUT2D eigenvalue weighted by atomic mass is 79.9. The first kappa shape index (κ1) is 14.0. The third-order valence-electron chi connectivity index (χ3n) is 3.37. The number of carbonyl (C=O) groups is 1. The molecule has 100 valence electrons. The molecule has 2 heterocycles. The minimum atomic E-state index is 0.0664. The molecule has 0 saturated carbocycles. The van der Waals surface area contributed by atoms with Crippen LogP contribution in [0.2, 0.25) is 0 Å². The summed E-state index contributed by atoms with van der Waals surface area (Å²) in [4.78, 5) is 15.3. The molecule has 1 aliphatic rings. The maximum absolute atomic E-state index is 12.1. The quantitative estimate of drug-likeness (QED) is 0.923. The van der Waals surface area contributed by atoms with Crippen LogP contribution in [0.3, 0.4) is 0 Å². The van der Waals surface area contributed by atoms with E-state index in [9.17, 15) is 4.79 Å². The average Bonchev–Trinajstić information content (AvgIpc) is 2.70. The number of likely N-dealkylation sites (tertiary alicyclic amines) is 1. The van der Waals surface area contributed by atoms with E-state index in [0.29, 0.717) is 6.04 Å². The van der Waals surface area contributed by atoms with Gasteiger partial charge in [0.2, 0.25) is 0 Å². The second-order valence-electron chi connectivity index (χ2n) is 4.77. The van der Waals surface area contributed by atoms with Gasteiger partial charge in [0.15, 0.2) is 0 Å². The van der Waals surface area contributed by atoms with Gasteiger partial charge in [-0.1, -0.05) is 6.92 Å². The lowest BCUT2D eigenvalue weighted by Gasteiger charge is -2.32.